The van der Waals surface area contributed by atoms with Crippen LogP contribution < -0.4 is 0 Å². The highest BCUT2D eigenvalue weighted by atomic mass is 19.3. The third-order valence-corrected chi connectivity index (χ3v) is 4.80. The van der Waals surface area contributed by atoms with Crippen LogP contribution in [0.1, 0.15) is 36.9 Å². The van der Waals surface area contributed by atoms with Crippen LogP contribution >= 0.6 is 0 Å². The maximum absolute atomic E-state index is 13.4. The summed E-state index contributed by atoms with van der Waals surface area (Å²) in [5.74, 6) is 0. The molecule has 6 heteroatoms. The summed E-state index contributed by atoms with van der Waals surface area (Å²) in [4.78, 5) is 4.09. The van der Waals surface area contributed by atoms with Crippen LogP contribution in [0.3, 0.4) is 0 Å². The van der Waals surface area contributed by atoms with Gasteiger partial charge in [-0.1, -0.05) is 6.92 Å². The minimum Gasteiger partial charge on any atom is -0.263 e. The predicted molar refractivity (Wildman–Crippen MR) is 73.3 cm³/mol. The zero-order valence-electron chi connectivity index (χ0n) is 12.0. The monoisotopic (exact) mass is 292 g/mol. The minimum absolute atomic E-state index is 0.0537. The first-order valence-electron chi connectivity index (χ1n) is 7.24. The fraction of sp³-hybridized carbons (Fsp3) is 0.600. The molecule has 4 nitrogen and oxygen atoms in total. The van der Waals surface area contributed by atoms with Crippen molar-refractivity contribution in [2.75, 3.05) is 19.6 Å². The fourth-order valence-corrected chi connectivity index (χ4v) is 3.42. The average Bonchev–Trinajstić information content (AvgIpc) is 3.05. The molecule has 0 N–H and O–H groups in total. The molecule has 0 bridgehead atoms. The van der Waals surface area contributed by atoms with E-state index in [2.05, 4.69) is 11.1 Å². The molecule has 1 aromatic heterocycles. The van der Waals surface area contributed by atoms with E-state index < -0.39 is 11.8 Å². The van der Waals surface area contributed by atoms with Crippen molar-refractivity contribution in [1.82, 2.24) is 15.0 Å². The van der Waals surface area contributed by atoms with Crippen molar-refractivity contribution in [3.8, 4) is 6.07 Å². The number of hydrogen-bond donors (Lipinski definition) is 0. The maximum atomic E-state index is 13.4. The van der Waals surface area contributed by atoms with Crippen molar-refractivity contribution < 1.29 is 8.78 Å². The summed E-state index contributed by atoms with van der Waals surface area (Å²) in [6, 6.07) is 3.95. The number of nitriles is 1. The number of hydrogen-bond acceptors (Lipinski definition) is 4. The van der Waals surface area contributed by atoms with Crippen LogP contribution in [0.2, 0.25) is 0 Å². The van der Waals surface area contributed by atoms with E-state index in [1.54, 1.807) is 6.20 Å². The quantitative estimate of drug-likeness (QED) is 0.859. The Morgan fingerprint density at radius 3 is 2.95 bits per heavy atom. The summed E-state index contributed by atoms with van der Waals surface area (Å²) in [5.41, 5.74) is 0.525. The molecule has 112 valence electrons. The molecule has 2 saturated heterocycles. The molecule has 0 saturated carbocycles. The van der Waals surface area contributed by atoms with E-state index in [9.17, 15) is 8.78 Å². The van der Waals surface area contributed by atoms with Crippen molar-refractivity contribution in [1.29, 1.82) is 5.26 Å². The number of alkyl halides is 2. The van der Waals surface area contributed by atoms with Gasteiger partial charge in [-0.2, -0.15) is 5.26 Å². The number of rotatable bonds is 3. The summed E-state index contributed by atoms with van der Waals surface area (Å²) in [5, 5.41) is 13.1. The summed E-state index contributed by atoms with van der Waals surface area (Å²) >= 11 is 0. The standard InChI is InChI=1S/C15H18F2N4/c1-2-15(14(16)17)9-20-4-3-13(21(20)10-15)12-5-11(6-18)7-19-8-12/h5,7-8,13-14H,2-4,9-10H2,1H3. The first kappa shape index (κ1) is 14.4. The fourth-order valence-electron chi connectivity index (χ4n) is 3.42. The van der Waals surface area contributed by atoms with Crippen LogP contribution in [-0.4, -0.2) is 41.1 Å². The van der Waals surface area contributed by atoms with E-state index in [4.69, 9.17) is 5.26 Å². The van der Waals surface area contributed by atoms with Gasteiger partial charge in [-0.05, 0) is 24.5 Å². The van der Waals surface area contributed by atoms with Gasteiger partial charge in [0.1, 0.15) is 6.07 Å². The van der Waals surface area contributed by atoms with Gasteiger partial charge >= 0.3 is 0 Å². The highest BCUT2D eigenvalue weighted by Gasteiger charge is 2.52. The number of fused-ring (bicyclic) bond motifs is 1. The highest BCUT2D eigenvalue weighted by molar-refractivity contribution is 5.31. The Hall–Kier alpha value is -1.58. The molecule has 3 heterocycles. The SMILES string of the molecule is CCC1(C(F)F)CN2CCC(c3cncc(C#N)c3)N2C1. The Kier molecular flexibility index (Phi) is 3.64. The Labute approximate surface area is 123 Å². The highest BCUT2D eigenvalue weighted by Crippen LogP contribution is 2.45. The van der Waals surface area contributed by atoms with Crippen molar-refractivity contribution in [3.05, 3.63) is 29.6 Å². The maximum Gasteiger partial charge on any atom is 0.246 e. The largest absolute Gasteiger partial charge is 0.263 e. The second-order valence-corrected chi connectivity index (χ2v) is 5.93. The lowest BCUT2D eigenvalue weighted by atomic mass is 9.85. The summed E-state index contributed by atoms with van der Waals surface area (Å²) < 4.78 is 26.9. The number of aromatic nitrogens is 1. The lowest BCUT2D eigenvalue weighted by molar-refractivity contribution is 0.00264. The number of halogens is 2. The molecule has 0 spiro atoms. The third-order valence-electron chi connectivity index (χ3n) is 4.80. The van der Waals surface area contributed by atoms with Crippen LogP contribution in [0, 0.1) is 16.7 Å². The molecule has 2 unspecified atom stereocenters. The molecular formula is C15H18F2N4. The average molecular weight is 292 g/mol. The number of nitrogens with zero attached hydrogens (tertiary/aromatic N) is 4. The number of hydrazine groups is 1. The van der Waals surface area contributed by atoms with E-state index in [1.165, 1.54) is 6.20 Å². The van der Waals surface area contributed by atoms with Gasteiger partial charge in [-0.15, -0.1) is 0 Å². The van der Waals surface area contributed by atoms with Gasteiger partial charge in [0.2, 0.25) is 6.43 Å². The molecular weight excluding hydrogens is 274 g/mol. The van der Waals surface area contributed by atoms with E-state index in [0.717, 1.165) is 18.5 Å². The smallest absolute Gasteiger partial charge is 0.246 e. The predicted octanol–water partition coefficient (Wildman–Crippen LogP) is 2.59. The van der Waals surface area contributed by atoms with Crippen LogP contribution in [0.5, 0.6) is 0 Å². The Bertz CT molecular complexity index is 571. The van der Waals surface area contributed by atoms with E-state index >= 15 is 0 Å². The Morgan fingerprint density at radius 1 is 1.48 bits per heavy atom. The molecule has 0 amide bonds. The van der Waals surface area contributed by atoms with Crippen LogP contribution in [-0.2, 0) is 0 Å². The first-order valence-corrected chi connectivity index (χ1v) is 7.24. The van der Waals surface area contributed by atoms with Gasteiger partial charge < -0.3 is 0 Å². The van der Waals surface area contributed by atoms with Gasteiger partial charge in [0.05, 0.1) is 17.0 Å². The molecule has 2 aliphatic rings. The van der Waals surface area contributed by atoms with Crippen molar-refractivity contribution in [3.63, 3.8) is 0 Å². The minimum atomic E-state index is -2.31. The van der Waals surface area contributed by atoms with Gasteiger partial charge in [-0.3, -0.25) is 4.98 Å². The lowest BCUT2D eigenvalue weighted by Crippen LogP contribution is -2.35. The molecule has 3 rings (SSSR count). The molecule has 1 aromatic rings. The normalized spacial score (nSPS) is 29.8. The molecule has 0 aromatic carbocycles. The van der Waals surface area contributed by atoms with Gasteiger partial charge in [-0.25, -0.2) is 18.8 Å². The second-order valence-electron chi connectivity index (χ2n) is 5.93. The van der Waals surface area contributed by atoms with Crippen LogP contribution in [0.15, 0.2) is 18.5 Å². The summed E-state index contributed by atoms with van der Waals surface area (Å²) in [6.07, 6.45) is 2.32. The third kappa shape index (κ3) is 2.30. The summed E-state index contributed by atoms with van der Waals surface area (Å²) in [6.45, 7) is 3.42. The molecule has 2 fully saturated rings. The molecule has 2 atom stereocenters. The van der Waals surface area contributed by atoms with E-state index in [0.29, 0.717) is 25.1 Å². The lowest BCUT2D eigenvalue weighted by Gasteiger charge is -2.28. The molecule has 2 aliphatic heterocycles. The second kappa shape index (κ2) is 5.32. The zero-order valence-corrected chi connectivity index (χ0v) is 12.0. The van der Waals surface area contributed by atoms with E-state index in [1.807, 2.05) is 23.0 Å². The molecule has 21 heavy (non-hydrogen) atoms. The topological polar surface area (TPSA) is 43.2 Å². The van der Waals surface area contributed by atoms with Crippen LogP contribution in [0.4, 0.5) is 8.78 Å². The van der Waals surface area contributed by atoms with E-state index in [-0.39, 0.29) is 6.04 Å². The number of pyridine rings is 1. The Morgan fingerprint density at radius 2 is 2.29 bits per heavy atom. The van der Waals surface area contributed by atoms with Gasteiger partial charge in [0.15, 0.2) is 0 Å². The molecule has 0 aliphatic carbocycles. The summed E-state index contributed by atoms with van der Waals surface area (Å²) in [7, 11) is 0. The molecule has 0 radical (unpaired) electrons. The first-order chi connectivity index (χ1) is 10.1. The zero-order chi connectivity index (χ0) is 15.0. The Balaban J connectivity index is 1.86. The van der Waals surface area contributed by atoms with Crippen molar-refractivity contribution in [2.45, 2.75) is 32.2 Å². The van der Waals surface area contributed by atoms with Crippen molar-refractivity contribution in [2.24, 2.45) is 5.41 Å². The van der Waals surface area contributed by atoms with Gasteiger partial charge in [0.25, 0.3) is 0 Å². The van der Waals surface area contributed by atoms with Crippen molar-refractivity contribution >= 4 is 0 Å². The van der Waals surface area contributed by atoms with Crippen LogP contribution in [0.25, 0.3) is 0 Å². The van der Waals surface area contributed by atoms with Gasteiger partial charge in [0, 0.05) is 32.0 Å².